The first-order chi connectivity index (χ1) is 15.9. The molecule has 11 heteroatoms. The summed E-state index contributed by atoms with van der Waals surface area (Å²) in [6.45, 7) is 3.11. The average molecular weight is 460 g/mol. The van der Waals surface area contributed by atoms with Crippen molar-refractivity contribution in [1.29, 1.82) is 0 Å². The van der Waals surface area contributed by atoms with Gasteiger partial charge in [0.2, 0.25) is 12.1 Å². The fourth-order valence-corrected chi connectivity index (χ4v) is 3.56. The maximum Gasteiger partial charge on any atom is 0.324 e. The summed E-state index contributed by atoms with van der Waals surface area (Å²) >= 11 is 0. The van der Waals surface area contributed by atoms with Crippen LogP contribution in [0.5, 0.6) is 5.75 Å². The van der Waals surface area contributed by atoms with Crippen molar-refractivity contribution in [3.63, 3.8) is 0 Å². The zero-order valence-corrected chi connectivity index (χ0v) is 18.4. The normalized spacial score (nSPS) is 18.5. The van der Waals surface area contributed by atoms with Crippen molar-refractivity contribution in [1.82, 2.24) is 20.2 Å². The van der Waals surface area contributed by atoms with Crippen molar-refractivity contribution in [3.8, 4) is 5.75 Å². The summed E-state index contributed by atoms with van der Waals surface area (Å²) in [7, 11) is 3.61. The van der Waals surface area contributed by atoms with Gasteiger partial charge in [0.25, 0.3) is 6.43 Å². The molecule has 0 bridgehead atoms. The molecule has 2 aromatic rings. The van der Waals surface area contributed by atoms with Crippen LogP contribution in [0.4, 0.5) is 19.3 Å². The molecule has 1 saturated heterocycles. The van der Waals surface area contributed by atoms with Gasteiger partial charge in [-0.05, 0) is 31.3 Å². The SMILES string of the molecule is COc1cccc(N(Cc2ccc(C3=NNC(C(F)F)O3)cn2)C(=O)N2CCN(C)CC2)c1. The zero-order chi connectivity index (χ0) is 23.4. The lowest BCUT2D eigenvalue weighted by atomic mass is 10.2. The Hall–Kier alpha value is -3.47. The maximum atomic E-state index is 13.4. The first-order valence-electron chi connectivity index (χ1n) is 10.6. The predicted molar refractivity (Wildman–Crippen MR) is 118 cm³/mol. The van der Waals surface area contributed by atoms with Crippen molar-refractivity contribution < 1.29 is 23.0 Å². The maximum absolute atomic E-state index is 13.4. The third-order valence-electron chi connectivity index (χ3n) is 5.52. The van der Waals surface area contributed by atoms with Gasteiger partial charge < -0.3 is 19.3 Å². The molecule has 9 nitrogen and oxygen atoms in total. The number of halogens is 2. The van der Waals surface area contributed by atoms with Gasteiger partial charge in [0.1, 0.15) is 5.75 Å². The van der Waals surface area contributed by atoms with E-state index in [2.05, 4.69) is 20.4 Å². The van der Waals surface area contributed by atoms with Crippen molar-refractivity contribution in [2.24, 2.45) is 5.10 Å². The number of carbonyl (C=O) groups excluding carboxylic acids is 1. The number of ether oxygens (including phenoxy) is 2. The highest BCUT2D eigenvalue weighted by Gasteiger charge is 2.29. The van der Waals surface area contributed by atoms with Crippen molar-refractivity contribution in [2.45, 2.75) is 19.2 Å². The Labute approximate surface area is 190 Å². The van der Waals surface area contributed by atoms with Gasteiger partial charge >= 0.3 is 6.03 Å². The van der Waals surface area contributed by atoms with Gasteiger partial charge in [0.15, 0.2) is 0 Å². The minimum Gasteiger partial charge on any atom is -0.497 e. The van der Waals surface area contributed by atoms with E-state index in [0.717, 1.165) is 13.1 Å². The molecule has 1 atom stereocenters. The van der Waals surface area contributed by atoms with Crippen molar-refractivity contribution in [2.75, 3.05) is 45.2 Å². The number of methoxy groups -OCH3 is 1. The number of anilines is 1. The molecule has 1 unspecified atom stereocenters. The molecule has 1 aromatic carbocycles. The number of aromatic nitrogens is 1. The largest absolute Gasteiger partial charge is 0.497 e. The number of alkyl halides is 2. The summed E-state index contributed by atoms with van der Waals surface area (Å²) < 4.78 is 36.0. The number of nitrogens with zero attached hydrogens (tertiary/aromatic N) is 5. The van der Waals surface area contributed by atoms with Crippen LogP contribution in [0.1, 0.15) is 11.3 Å². The molecule has 1 N–H and O–H groups in total. The van der Waals surface area contributed by atoms with Crippen LogP contribution in [0.25, 0.3) is 0 Å². The molecule has 176 valence electrons. The second-order valence-electron chi connectivity index (χ2n) is 7.82. The molecule has 33 heavy (non-hydrogen) atoms. The minimum atomic E-state index is -2.70. The number of hydrogen-bond acceptors (Lipinski definition) is 7. The molecule has 3 heterocycles. The Morgan fingerprint density at radius 3 is 2.70 bits per heavy atom. The van der Waals surface area contributed by atoms with Gasteiger partial charge in [-0.1, -0.05) is 6.07 Å². The van der Waals surface area contributed by atoms with Gasteiger partial charge in [-0.25, -0.2) is 13.6 Å². The number of amides is 2. The molecule has 2 aliphatic rings. The highest BCUT2D eigenvalue weighted by atomic mass is 19.3. The molecule has 2 amide bonds. The van der Waals surface area contributed by atoms with E-state index in [1.807, 2.05) is 30.1 Å². The zero-order valence-electron chi connectivity index (χ0n) is 18.4. The number of nitrogens with one attached hydrogen (secondary N) is 1. The summed E-state index contributed by atoms with van der Waals surface area (Å²) in [5, 5.41) is 3.80. The Morgan fingerprint density at radius 2 is 2.06 bits per heavy atom. The van der Waals surface area contributed by atoms with Crippen molar-refractivity contribution in [3.05, 3.63) is 53.9 Å². The first-order valence-corrected chi connectivity index (χ1v) is 10.6. The number of pyridine rings is 1. The Balaban J connectivity index is 1.53. The molecule has 0 radical (unpaired) electrons. The number of benzene rings is 1. The highest BCUT2D eigenvalue weighted by molar-refractivity contribution is 5.94. The van der Waals surface area contributed by atoms with E-state index in [4.69, 9.17) is 9.47 Å². The molecule has 0 aliphatic carbocycles. The monoisotopic (exact) mass is 460 g/mol. The summed E-state index contributed by atoms with van der Waals surface area (Å²) in [6.07, 6.45) is -2.67. The van der Waals surface area contributed by atoms with E-state index >= 15 is 0 Å². The van der Waals surface area contributed by atoms with E-state index in [9.17, 15) is 13.6 Å². The summed E-state index contributed by atoms with van der Waals surface area (Å²) in [6, 6.07) is 10.6. The molecule has 4 rings (SSSR count). The van der Waals surface area contributed by atoms with Gasteiger partial charge in [0.05, 0.1) is 24.9 Å². The van der Waals surface area contributed by atoms with Gasteiger partial charge in [-0.2, -0.15) is 0 Å². The second kappa shape index (κ2) is 9.99. The van der Waals surface area contributed by atoms with Crippen LogP contribution >= 0.6 is 0 Å². The van der Waals surface area contributed by atoms with E-state index in [1.165, 1.54) is 6.20 Å². The summed E-state index contributed by atoms with van der Waals surface area (Å²) in [4.78, 5) is 23.5. The second-order valence-corrected chi connectivity index (χ2v) is 7.82. The van der Waals surface area contributed by atoms with Crippen LogP contribution in [-0.2, 0) is 11.3 Å². The van der Waals surface area contributed by atoms with Gasteiger partial charge in [0, 0.05) is 44.1 Å². The number of hydrazone groups is 1. The molecular formula is C22H26F2N6O3. The molecular weight excluding hydrogens is 434 g/mol. The van der Waals surface area contributed by atoms with Crippen LogP contribution in [0.15, 0.2) is 47.7 Å². The third kappa shape index (κ3) is 5.30. The molecule has 1 fully saturated rings. The number of carbonyl (C=O) groups is 1. The van der Waals surface area contributed by atoms with Crippen LogP contribution in [0.3, 0.4) is 0 Å². The number of likely N-dealkylation sites (N-methyl/N-ethyl adjacent to an activating group) is 1. The fourth-order valence-electron chi connectivity index (χ4n) is 3.56. The molecule has 0 saturated carbocycles. The standard InChI is InChI=1S/C22H26F2N6O3/c1-28-8-10-29(11-9-28)22(31)30(17-4-3-5-18(12-17)32-2)14-16-7-6-15(13-25-16)20-26-27-21(33-20)19(23)24/h3-7,12-13,19,21,27H,8-11,14H2,1-2H3. The number of rotatable bonds is 6. The average Bonchev–Trinajstić information content (AvgIpc) is 3.34. The highest BCUT2D eigenvalue weighted by Crippen LogP contribution is 2.24. The lowest BCUT2D eigenvalue weighted by molar-refractivity contribution is 0.000580. The topological polar surface area (TPSA) is 82.5 Å². The van der Waals surface area contributed by atoms with Crippen LogP contribution in [0.2, 0.25) is 0 Å². The number of urea groups is 1. The van der Waals surface area contributed by atoms with Crippen LogP contribution in [-0.4, -0.2) is 79.7 Å². The van der Waals surface area contributed by atoms with E-state index in [0.29, 0.717) is 35.8 Å². The van der Waals surface area contributed by atoms with Crippen LogP contribution < -0.4 is 15.1 Å². The smallest absolute Gasteiger partial charge is 0.324 e. The van der Waals surface area contributed by atoms with E-state index < -0.39 is 12.7 Å². The minimum absolute atomic E-state index is 0.0533. The Morgan fingerprint density at radius 1 is 1.27 bits per heavy atom. The Bertz CT molecular complexity index is 996. The quantitative estimate of drug-likeness (QED) is 0.713. The fraction of sp³-hybridized carbons (Fsp3) is 0.409. The van der Waals surface area contributed by atoms with E-state index in [-0.39, 0.29) is 18.5 Å². The van der Waals surface area contributed by atoms with Crippen LogP contribution in [0, 0.1) is 0 Å². The lowest BCUT2D eigenvalue weighted by Crippen LogP contribution is -2.52. The Kier molecular flexibility index (Phi) is 6.87. The molecule has 1 aromatic heterocycles. The van der Waals surface area contributed by atoms with Gasteiger partial charge in [-0.3, -0.25) is 15.3 Å². The third-order valence-corrected chi connectivity index (χ3v) is 5.52. The van der Waals surface area contributed by atoms with Gasteiger partial charge in [-0.15, -0.1) is 5.10 Å². The summed E-state index contributed by atoms with van der Waals surface area (Å²) in [5.74, 6) is 0.696. The lowest BCUT2D eigenvalue weighted by Gasteiger charge is -2.36. The van der Waals surface area contributed by atoms with E-state index in [1.54, 1.807) is 30.2 Å². The summed E-state index contributed by atoms with van der Waals surface area (Å²) in [5.41, 5.74) is 4.04. The van der Waals surface area contributed by atoms with Crippen molar-refractivity contribution >= 4 is 17.6 Å². The number of piperazine rings is 1. The predicted octanol–water partition coefficient (Wildman–Crippen LogP) is 2.34. The number of hydrogen-bond donors (Lipinski definition) is 1. The first kappa shape index (κ1) is 22.7. The molecule has 0 spiro atoms. The molecule has 2 aliphatic heterocycles.